The van der Waals surface area contributed by atoms with Gasteiger partial charge in [-0.05, 0) is 44.1 Å². The molecule has 1 atom stereocenters. The summed E-state index contributed by atoms with van der Waals surface area (Å²) in [5.41, 5.74) is 1.52. The van der Waals surface area contributed by atoms with Crippen LogP contribution in [0.2, 0.25) is 0 Å². The van der Waals surface area contributed by atoms with Gasteiger partial charge in [0.25, 0.3) is 5.91 Å². The number of amides is 1. The van der Waals surface area contributed by atoms with Crippen LogP contribution in [0.25, 0.3) is 0 Å². The van der Waals surface area contributed by atoms with Crippen molar-refractivity contribution >= 4 is 22.4 Å². The van der Waals surface area contributed by atoms with Gasteiger partial charge in [-0.1, -0.05) is 11.3 Å². The summed E-state index contributed by atoms with van der Waals surface area (Å²) in [7, 11) is 3.70. The van der Waals surface area contributed by atoms with Gasteiger partial charge in [-0.15, -0.1) is 10.2 Å². The Bertz CT molecular complexity index is 690. The number of methoxy groups -OCH3 is 1. The molecule has 8 heteroatoms. The molecule has 3 heterocycles. The van der Waals surface area contributed by atoms with Crippen LogP contribution in [0.5, 0.6) is 0 Å². The number of aromatic nitrogens is 3. The van der Waals surface area contributed by atoms with Crippen molar-refractivity contribution in [1.29, 1.82) is 0 Å². The molecule has 1 N–H and O–H groups in total. The van der Waals surface area contributed by atoms with E-state index >= 15 is 0 Å². The van der Waals surface area contributed by atoms with Gasteiger partial charge >= 0.3 is 0 Å². The van der Waals surface area contributed by atoms with Gasteiger partial charge in [-0.3, -0.25) is 20.0 Å². The summed E-state index contributed by atoms with van der Waals surface area (Å²) in [6.45, 7) is 1.47. The molecule has 2 aromatic heterocycles. The lowest BCUT2D eigenvalue weighted by molar-refractivity contribution is 0.102. The molecule has 23 heavy (non-hydrogen) atoms. The topological polar surface area (TPSA) is 80.2 Å². The standard InChI is InChI=1S/C15H19N5O2S/c1-20-7-3-4-12(20)10-5-6-16-11(8-10)14(21)17-15-19-18-13(23-15)9-22-2/h5-6,8,12H,3-4,7,9H2,1-2H3,(H,17,19,21). The number of carbonyl (C=O) groups excluding carboxylic acids is 1. The van der Waals surface area contributed by atoms with Crippen LogP contribution in [0.3, 0.4) is 0 Å². The molecule has 0 bridgehead atoms. The number of likely N-dealkylation sites (tertiary alicyclic amines) is 1. The van der Waals surface area contributed by atoms with E-state index in [0.717, 1.165) is 23.5 Å². The maximum absolute atomic E-state index is 12.4. The normalized spacial score (nSPS) is 18.3. The van der Waals surface area contributed by atoms with Gasteiger partial charge in [-0.25, -0.2) is 0 Å². The average molecular weight is 333 g/mol. The van der Waals surface area contributed by atoms with E-state index in [9.17, 15) is 4.79 Å². The lowest BCUT2D eigenvalue weighted by Crippen LogP contribution is -2.19. The molecule has 1 amide bonds. The third kappa shape index (κ3) is 3.72. The number of ether oxygens (including phenoxy) is 1. The van der Waals surface area contributed by atoms with Crippen LogP contribution in [0.15, 0.2) is 18.3 Å². The van der Waals surface area contributed by atoms with E-state index in [-0.39, 0.29) is 5.91 Å². The number of nitrogens with one attached hydrogen (secondary N) is 1. The highest BCUT2D eigenvalue weighted by molar-refractivity contribution is 7.15. The number of carbonyl (C=O) groups is 1. The number of anilines is 1. The van der Waals surface area contributed by atoms with Crippen molar-refractivity contribution < 1.29 is 9.53 Å². The van der Waals surface area contributed by atoms with Gasteiger partial charge in [0.1, 0.15) is 17.3 Å². The summed E-state index contributed by atoms with van der Waals surface area (Å²) in [4.78, 5) is 18.8. The summed E-state index contributed by atoms with van der Waals surface area (Å²) in [5.74, 6) is -0.271. The first-order valence-electron chi connectivity index (χ1n) is 7.46. The van der Waals surface area contributed by atoms with Crippen LogP contribution in [0.4, 0.5) is 5.13 Å². The van der Waals surface area contributed by atoms with E-state index in [4.69, 9.17) is 4.74 Å². The summed E-state index contributed by atoms with van der Waals surface area (Å²) in [5, 5.41) is 11.8. The lowest BCUT2D eigenvalue weighted by Gasteiger charge is -2.19. The Labute approximate surface area is 138 Å². The number of rotatable bonds is 5. The number of hydrogen-bond acceptors (Lipinski definition) is 7. The minimum atomic E-state index is -0.271. The highest BCUT2D eigenvalue weighted by atomic mass is 32.1. The molecule has 1 unspecified atom stereocenters. The average Bonchev–Trinajstić information content (AvgIpc) is 3.17. The third-order valence-electron chi connectivity index (χ3n) is 3.88. The highest BCUT2D eigenvalue weighted by Crippen LogP contribution is 2.30. The fourth-order valence-electron chi connectivity index (χ4n) is 2.76. The first-order valence-corrected chi connectivity index (χ1v) is 8.28. The van der Waals surface area contributed by atoms with Crippen molar-refractivity contribution in [2.75, 3.05) is 26.0 Å². The molecule has 0 aliphatic carbocycles. The van der Waals surface area contributed by atoms with Crippen LogP contribution in [0.1, 0.15) is 39.9 Å². The number of hydrogen-bond donors (Lipinski definition) is 1. The van der Waals surface area contributed by atoms with E-state index < -0.39 is 0 Å². The molecule has 1 saturated heterocycles. The Morgan fingerprint density at radius 3 is 3.13 bits per heavy atom. The zero-order valence-corrected chi connectivity index (χ0v) is 14.0. The second-order valence-corrected chi connectivity index (χ2v) is 6.56. The minimum Gasteiger partial charge on any atom is -0.377 e. The van der Waals surface area contributed by atoms with Gasteiger partial charge in [0.2, 0.25) is 5.13 Å². The fraction of sp³-hybridized carbons (Fsp3) is 0.467. The molecule has 0 spiro atoms. The summed E-state index contributed by atoms with van der Waals surface area (Å²) in [6, 6.07) is 4.20. The Morgan fingerprint density at radius 2 is 2.39 bits per heavy atom. The van der Waals surface area contributed by atoms with E-state index in [0.29, 0.717) is 23.5 Å². The van der Waals surface area contributed by atoms with Crippen LogP contribution in [0, 0.1) is 0 Å². The van der Waals surface area contributed by atoms with Gasteiger partial charge in [0, 0.05) is 19.3 Å². The Morgan fingerprint density at radius 1 is 1.52 bits per heavy atom. The Hall–Kier alpha value is -1.90. The van der Waals surface area contributed by atoms with E-state index in [1.54, 1.807) is 13.3 Å². The van der Waals surface area contributed by atoms with Crippen molar-refractivity contribution in [2.45, 2.75) is 25.5 Å². The predicted octanol–water partition coefficient (Wildman–Crippen LogP) is 2.10. The van der Waals surface area contributed by atoms with Crippen LogP contribution in [-0.4, -0.2) is 46.7 Å². The van der Waals surface area contributed by atoms with Gasteiger partial charge < -0.3 is 4.74 Å². The van der Waals surface area contributed by atoms with E-state index in [1.165, 1.54) is 17.8 Å². The van der Waals surface area contributed by atoms with Crippen molar-refractivity contribution in [3.05, 3.63) is 34.6 Å². The Balaban J connectivity index is 1.71. The maximum Gasteiger partial charge on any atom is 0.276 e. The predicted molar refractivity (Wildman–Crippen MR) is 87.4 cm³/mol. The molecule has 7 nitrogen and oxygen atoms in total. The first-order chi connectivity index (χ1) is 11.2. The monoisotopic (exact) mass is 333 g/mol. The molecule has 0 saturated carbocycles. The van der Waals surface area contributed by atoms with Crippen LogP contribution in [-0.2, 0) is 11.3 Å². The zero-order valence-electron chi connectivity index (χ0n) is 13.2. The molecule has 1 fully saturated rings. The smallest absolute Gasteiger partial charge is 0.276 e. The van der Waals surface area contributed by atoms with Crippen LogP contribution >= 0.6 is 11.3 Å². The molecule has 122 valence electrons. The summed E-state index contributed by atoms with van der Waals surface area (Å²) >= 11 is 1.30. The van der Waals surface area contributed by atoms with Crippen molar-refractivity contribution in [1.82, 2.24) is 20.1 Å². The van der Waals surface area contributed by atoms with Gasteiger partial charge in [-0.2, -0.15) is 0 Å². The van der Waals surface area contributed by atoms with E-state index in [2.05, 4.69) is 32.4 Å². The van der Waals surface area contributed by atoms with E-state index in [1.807, 2.05) is 12.1 Å². The first kappa shape index (κ1) is 16.0. The zero-order chi connectivity index (χ0) is 16.2. The molecular weight excluding hydrogens is 314 g/mol. The molecule has 3 rings (SSSR count). The quantitative estimate of drug-likeness (QED) is 0.902. The van der Waals surface area contributed by atoms with Crippen molar-refractivity contribution in [3.63, 3.8) is 0 Å². The Kier molecular flexibility index (Phi) is 4.94. The van der Waals surface area contributed by atoms with Crippen molar-refractivity contribution in [3.8, 4) is 0 Å². The van der Waals surface area contributed by atoms with Gasteiger partial charge in [0.05, 0.1) is 0 Å². The summed E-state index contributed by atoms with van der Waals surface area (Å²) < 4.78 is 4.99. The SMILES string of the molecule is COCc1nnc(NC(=O)c2cc(C3CCCN3C)ccn2)s1. The molecular formula is C15H19N5O2S. The number of nitrogens with zero attached hydrogens (tertiary/aromatic N) is 4. The number of pyridine rings is 1. The molecule has 0 radical (unpaired) electrons. The lowest BCUT2D eigenvalue weighted by atomic mass is 10.1. The molecule has 2 aromatic rings. The van der Waals surface area contributed by atoms with Crippen molar-refractivity contribution in [2.24, 2.45) is 0 Å². The largest absolute Gasteiger partial charge is 0.377 e. The summed E-state index contributed by atoms with van der Waals surface area (Å²) in [6.07, 6.45) is 3.98. The highest BCUT2D eigenvalue weighted by Gasteiger charge is 2.23. The molecule has 1 aliphatic rings. The minimum absolute atomic E-state index is 0.271. The molecule has 0 aromatic carbocycles. The second kappa shape index (κ2) is 7.12. The fourth-order valence-corrected chi connectivity index (χ4v) is 3.46. The maximum atomic E-state index is 12.4. The third-order valence-corrected chi connectivity index (χ3v) is 4.69. The second-order valence-electron chi connectivity index (χ2n) is 5.50. The van der Waals surface area contributed by atoms with Crippen LogP contribution < -0.4 is 5.32 Å². The molecule has 1 aliphatic heterocycles. The van der Waals surface area contributed by atoms with Gasteiger partial charge in [0.15, 0.2) is 0 Å².